The van der Waals surface area contributed by atoms with Gasteiger partial charge in [-0.1, -0.05) is 42.0 Å². The van der Waals surface area contributed by atoms with Gasteiger partial charge in [0.25, 0.3) is 0 Å². The number of carbonyl (C=O) groups is 1. The molecule has 2 heteroatoms. The highest BCUT2D eigenvalue weighted by Gasteiger charge is 2.07. The predicted octanol–water partition coefficient (Wildman–Crippen LogP) is 4.64. The largest absolute Gasteiger partial charge is 0.294 e. The number of hydrogen-bond acceptors (Lipinski definition) is 2. The molecule has 0 radical (unpaired) electrons. The molecule has 1 aromatic heterocycles. The number of ketones is 1. The monoisotopic (exact) mass is 266 g/mol. The zero-order chi connectivity index (χ0) is 13.2. The Morgan fingerprint density at radius 3 is 2.63 bits per heavy atom. The summed E-state index contributed by atoms with van der Waals surface area (Å²) in [6.45, 7) is 2.09. The molecular weight excluding hydrogens is 252 g/mol. The van der Waals surface area contributed by atoms with E-state index in [4.69, 9.17) is 0 Å². The van der Waals surface area contributed by atoms with E-state index in [9.17, 15) is 4.79 Å². The standard InChI is InChI=1S/C17H14OS/c1-12-2-4-15-9-13(3-5-14(15)8-12)10-17(18)16-6-7-19-11-16/h2-9,11H,10H2,1H3. The fourth-order valence-corrected chi connectivity index (χ4v) is 2.90. The molecule has 94 valence electrons. The molecule has 0 aliphatic rings. The van der Waals surface area contributed by atoms with Gasteiger partial charge < -0.3 is 0 Å². The number of Topliss-reactive ketones (excluding diaryl/α,β-unsaturated/α-hetero) is 1. The summed E-state index contributed by atoms with van der Waals surface area (Å²) in [5.74, 6) is 0.188. The van der Waals surface area contributed by atoms with Gasteiger partial charge in [-0.05, 0) is 34.7 Å². The van der Waals surface area contributed by atoms with Crippen LogP contribution in [-0.4, -0.2) is 5.78 Å². The first-order valence-electron chi connectivity index (χ1n) is 6.27. The minimum atomic E-state index is 0.188. The van der Waals surface area contributed by atoms with Gasteiger partial charge >= 0.3 is 0 Å². The van der Waals surface area contributed by atoms with Gasteiger partial charge in [-0.25, -0.2) is 0 Å². The van der Waals surface area contributed by atoms with Gasteiger partial charge in [0.1, 0.15) is 0 Å². The molecule has 0 aliphatic heterocycles. The molecule has 0 saturated heterocycles. The Kier molecular flexibility index (Phi) is 3.18. The zero-order valence-corrected chi connectivity index (χ0v) is 11.5. The number of rotatable bonds is 3. The predicted molar refractivity (Wildman–Crippen MR) is 81.0 cm³/mol. The fourth-order valence-electron chi connectivity index (χ4n) is 2.24. The summed E-state index contributed by atoms with van der Waals surface area (Å²) in [4.78, 5) is 12.1. The van der Waals surface area contributed by atoms with Gasteiger partial charge in [0, 0.05) is 17.4 Å². The highest BCUT2D eigenvalue weighted by molar-refractivity contribution is 7.08. The average Bonchev–Trinajstić information content (AvgIpc) is 2.93. The van der Waals surface area contributed by atoms with Crippen molar-refractivity contribution in [1.29, 1.82) is 0 Å². The quantitative estimate of drug-likeness (QED) is 0.631. The van der Waals surface area contributed by atoms with Crippen molar-refractivity contribution in [1.82, 2.24) is 0 Å². The Labute approximate surface area is 116 Å². The maximum atomic E-state index is 12.1. The number of carbonyl (C=O) groups excluding carboxylic acids is 1. The van der Waals surface area contributed by atoms with Gasteiger partial charge in [-0.2, -0.15) is 11.3 Å². The summed E-state index contributed by atoms with van der Waals surface area (Å²) in [7, 11) is 0. The van der Waals surface area contributed by atoms with Crippen molar-refractivity contribution in [3.63, 3.8) is 0 Å². The zero-order valence-electron chi connectivity index (χ0n) is 10.7. The molecule has 0 saturated carbocycles. The first-order chi connectivity index (χ1) is 9.22. The second-order valence-electron chi connectivity index (χ2n) is 4.80. The third-order valence-electron chi connectivity index (χ3n) is 3.27. The highest BCUT2D eigenvalue weighted by Crippen LogP contribution is 2.19. The molecule has 3 aromatic rings. The van der Waals surface area contributed by atoms with Gasteiger partial charge in [-0.15, -0.1) is 0 Å². The second kappa shape index (κ2) is 4.98. The lowest BCUT2D eigenvalue weighted by Gasteiger charge is -2.04. The van der Waals surface area contributed by atoms with Crippen LogP contribution in [0.3, 0.4) is 0 Å². The summed E-state index contributed by atoms with van der Waals surface area (Å²) in [5.41, 5.74) is 3.15. The lowest BCUT2D eigenvalue weighted by atomic mass is 10.0. The SMILES string of the molecule is Cc1ccc2cc(CC(=O)c3ccsc3)ccc2c1. The van der Waals surface area contributed by atoms with Crippen molar-refractivity contribution in [3.8, 4) is 0 Å². The molecule has 0 N–H and O–H groups in total. The van der Waals surface area contributed by atoms with Gasteiger partial charge in [0.2, 0.25) is 0 Å². The topological polar surface area (TPSA) is 17.1 Å². The smallest absolute Gasteiger partial charge is 0.168 e. The van der Waals surface area contributed by atoms with Crippen LogP contribution in [0.4, 0.5) is 0 Å². The van der Waals surface area contributed by atoms with Crippen molar-refractivity contribution in [2.45, 2.75) is 13.3 Å². The molecule has 0 fully saturated rings. The van der Waals surface area contributed by atoms with Crippen LogP contribution in [0.5, 0.6) is 0 Å². The molecule has 1 nitrogen and oxygen atoms in total. The van der Waals surface area contributed by atoms with E-state index in [0.29, 0.717) is 6.42 Å². The van der Waals surface area contributed by atoms with E-state index in [1.165, 1.54) is 16.3 Å². The van der Waals surface area contributed by atoms with Gasteiger partial charge in [0.05, 0.1) is 0 Å². The Balaban J connectivity index is 1.89. The van der Waals surface area contributed by atoms with Gasteiger partial charge in [-0.3, -0.25) is 4.79 Å². The maximum absolute atomic E-state index is 12.1. The minimum Gasteiger partial charge on any atom is -0.294 e. The molecule has 2 aromatic carbocycles. The molecule has 0 atom stereocenters. The normalized spacial score (nSPS) is 10.8. The van der Waals surface area contributed by atoms with Crippen molar-refractivity contribution in [2.24, 2.45) is 0 Å². The number of hydrogen-bond donors (Lipinski definition) is 0. The Morgan fingerprint density at radius 2 is 1.84 bits per heavy atom. The summed E-state index contributed by atoms with van der Waals surface area (Å²) in [6, 6.07) is 14.5. The highest BCUT2D eigenvalue weighted by atomic mass is 32.1. The molecule has 0 bridgehead atoms. The summed E-state index contributed by atoms with van der Waals surface area (Å²) in [5, 5.41) is 6.27. The second-order valence-corrected chi connectivity index (χ2v) is 5.58. The van der Waals surface area contributed by atoms with E-state index in [1.807, 2.05) is 22.9 Å². The molecule has 19 heavy (non-hydrogen) atoms. The molecular formula is C17H14OS. The van der Waals surface area contributed by atoms with E-state index >= 15 is 0 Å². The first kappa shape index (κ1) is 12.1. The molecule has 0 amide bonds. The van der Waals surface area contributed by atoms with Crippen molar-refractivity contribution in [2.75, 3.05) is 0 Å². The van der Waals surface area contributed by atoms with Crippen LogP contribution in [0.1, 0.15) is 21.5 Å². The summed E-state index contributed by atoms with van der Waals surface area (Å²) < 4.78 is 0. The average molecular weight is 266 g/mol. The van der Waals surface area contributed by atoms with E-state index in [0.717, 1.165) is 11.1 Å². The Morgan fingerprint density at radius 1 is 1.05 bits per heavy atom. The first-order valence-corrected chi connectivity index (χ1v) is 7.21. The lowest BCUT2D eigenvalue weighted by molar-refractivity contribution is 0.0993. The lowest BCUT2D eigenvalue weighted by Crippen LogP contribution is -2.01. The minimum absolute atomic E-state index is 0.188. The maximum Gasteiger partial charge on any atom is 0.168 e. The number of fused-ring (bicyclic) bond motifs is 1. The van der Waals surface area contributed by atoms with Gasteiger partial charge in [0.15, 0.2) is 5.78 Å². The van der Waals surface area contributed by atoms with Crippen LogP contribution < -0.4 is 0 Å². The van der Waals surface area contributed by atoms with Crippen LogP contribution >= 0.6 is 11.3 Å². The van der Waals surface area contributed by atoms with E-state index < -0.39 is 0 Å². The molecule has 0 spiro atoms. The van der Waals surface area contributed by atoms with E-state index in [2.05, 4.69) is 37.3 Å². The van der Waals surface area contributed by atoms with Crippen LogP contribution in [0, 0.1) is 6.92 Å². The third kappa shape index (κ3) is 2.59. The molecule has 0 aliphatic carbocycles. The number of thiophene rings is 1. The molecule has 1 heterocycles. The van der Waals surface area contributed by atoms with Crippen molar-refractivity contribution < 1.29 is 4.79 Å². The van der Waals surface area contributed by atoms with Crippen LogP contribution in [0.25, 0.3) is 10.8 Å². The van der Waals surface area contributed by atoms with E-state index in [1.54, 1.807) is 11.3 Å². The summed E-state index contributed by atoms with van der Waals surface area (Å²) >= 11 is 1.56. The summed E-state index contributed by atoms with van der Waals surface area (Å²) in [6.07, 6.45) is 0.473. The molecule has 3 rings (SSSR count). The third-order valence-corrected chi connectivity index (χ3v) is 3.95. The van der Waals surface area contributed by atoms with Crippen LogP contribution in [0.15, 0.2) is 53.2 Å². The van der Waals surface area contributed by atoms with Crippen LogP contribution in [-0.2, 0) is 6.42 Å². The number of benzene rings is 2. The Hall–Kier alpha value is -1.93. The number of aryl methyl sites for hydroxylation is 1. The van der Waals surface area contributed by atoms with E-state index in [-0.39, 0.29) is 5.78 Å². The Bertz CT molecular complexity index is 726. The van der Waals surface area contributed by atoms with Crippen LogP contribution in [0.2, 0.25) is 0 Å². The van der Waals surface area contributed by atoms with Crippen molar-refractivity contribution in [3.05, 3.63) is 69.9 Å². The fraction of sp³-hybridized carbons (Fsp3) is 0.118. The van der Waals surface area contributed by atoms with Crippen molar-refractivity contribution >= 4 is 27.9 Å². The molecule has 0 unspecified atom stereocenters.